The highest BCUT2D eigenvalue weighted by molar-refractivity contribution is 6.15. The highest BCUT2D eigenvalue weighted by Crippen LogP contribution is 2.34. The van der Waals surface area contributed by atoms with E-state index in [2.05, 4.69) is 5.32 Å². The van der Waals surface area contributed by atoms with Gasteiger partial charge in [-0.05, 0) is 30.2 Å². The Kier molecular flexibility index (Phi) is 5.46. The van der Waals surface area contributed by atoms with Crippen molar-refractivity contribution in [2.24, 2.45) is 11.8 Å². The maximum Gasteiger partial charge on any atom is 0.251 e. The second kappa shape index (κ2) is 7.96. The van der Waals surface area contributed by atoms with Crippen LogP contribution in [-0.4, -0.2) is 24.0 Å². The molecule has 1 aromatic rings. The fourth-order valence-corrected chi connectivity index (χ4v) is 3.42. The molecule has 0 aromatic heterocycles. The second-order valence-corrected chi connectivity index (χ2v) is 6.69. The van der Waals surface area contributed by atoms with Crippen molar-refractivity contribution >= 4 is 17.5 Å². The molecule has 0 bridgehead atoms. The lowest BCUT2D eigenvalue weighted by atomic mass is 9.71. The fourth-order valence-electron chi connectivity index (χ4n) is 3.42. The van der Waals surface area contributed by atoms with Crippen LogP contribution in [0.2, 0.25) is 0 Å². The van der Waals surface area contributed by atoms with Crippen molar-refractivity contribution in [3.05, 3.63) is 70.8 Å². The van der Waals surface area contributed by atoms with E-state index in [-0.39, 0.29) is 29.8 Å². The summed E-state index contributed by atoms with van der Waals surface area (Å²) >= 11 is 0. The van der Waals surface area contributed by atoms with Crippen LogP contribution in [0.15, 0.2) is 59.7 Å². The van der Waals surface area contributed by atoms with E-state index in [1.807, 2.05) is 18.2 Å². The summed E-state index contributed by atoms with van der Waals surface area (Å²) in [4.78, 5) is 37.4. The number of nitrogens with zero attached hydrogens (tertiary/aromatic N) is 1. The normalized spacial score (nSPS) is 21.0. The van der Waals surface area contributed by atoms with Crippen molar-refractivity contribution in [1.82, 2.24) is 5.32 Å². The molecule has 0 radical (unpaired) electrons. The number of carbonyl (C=O) groups excluding carboxylic acids is 3. The van der Waals surface area contributed by atoms with Crippen molar-refractivity contribution < 1.29 is 14.4 Å². The summed E-state index contributed by atoms with van der Waals surface area (Å²) in [5.74, 6) is -1.03. The van der Waals surface area contributed by atoms with Crippen LogP contribution in [0.25, 0.3) is 0 Å². The molecule has 0 aliphatic heterocycles. The third-order valence-electron chi connectivity index (χ3n) is 4.98. The summed E-state index contributed by atoms with van der Waals surface area (Å²) < 4.78 is 0. The van der Waals surface area contributed by atoms with Gasteiger partial charge in [-0.2, -0.15) is 5.26 Å². The quantitative estimate of drug-likeness (QED) is 0.818. The molecule has 1 N–H and O–H groups in total. The molecule has 5 nitrogen and oxygen atoms in total. The van der Waals surface area contributed by atoms with Gasteiger partial charge in [-0.25, -0.2) is 0 Å². The van der Waals surface area contributed by atoms with E-state index >= 15 is 0 Å². The topological polar surface area (TPSA) is 87.0 Å². The number of fused-ring (bicyclic) bond motifs is 1. The van der Waals surface area contributed by atoms with E-state index in [4.69, 9.17) is 5.26 Å². The molecule has 2 aliphatic rings. The van der Waals surface area contributed by atoms with E-state index < -0.39 is 5.92 Å². The summed E-state index contributed by atoms with van der Waals surface area (Å²) in [6.45, 7) is 2.03. The SMILES string of the molecule is CC1=C(Cc2ccc(C(=O)NCCC#N)cc2)C(=O)C2C=CC=CC2C1=O. The molecule has 0 spiro atoms. The molecule has 0 fully saturated rings. The Bertz CT molecular complexity index is 914. The first-order valence-corrected chi connectivity index (χ1v) is 8.90. The van der Waals surface area contributed by atoms with Gasteiger partial charge in [0.2, 0.25) is 0 Å². The predicted molar refractivity (Wildman–Crippen MR) is 101 cm³/mol. The van der Waals surface area contributed by atoms with Gasteiger partial charge in [-0.1, -0.05) is 36.4 Å². The van der Waals surface area contributed by atoms with E-state index in [1.54, 1.807) is 43.3 Å². The summed E-state index contributed by atoms with van der Waals surface area (Å²) in [7, 11) is 0. The van der Waals surface area contributed by atoms with Crippen LogP contribution < -0.4 is 5.32 Å². The zero-order valence-corrected chi connectivity index (χ0v) is 15.1. The Hall–Kier alpha value is -3.26. The molecule has 0 saturated heterocycles. The Labute approximate surface area is 158 Å². The number of amides is 1. The first kappa shape index (κ1) is 18.5. The van der Waals surface area contributed by atoms with Crippen molar-refractivity contribution in [1.29, 1.82) is 5.26 Å². The lowest BCUT2D eigenvalue weighted by Crippen LogP contribution is -2.36. The number of benzene rings is 1. The predicted octanol–water partition coefficient (Wildman–Crippen LogP) is 2.70. The standard InChI is InChI=1S/C22H20N2O3/c1-14-19(21(26)18-6-3-2-5-17(18)20(14)25)13-15-7-9-16(10-8-15)22(27)24-12-4-11-23/h2-3,5-10,17-18H,4,12-13H2,1H3,(H,24,27). The van der Waals surface area contributed by atoms with E-state index in [1.165, 1.54) is 0 Å². The van der Waals surface area contributed by atoms with Crippen LogP contribution >= 0.6 is 0 Å². The second-order valence-electron chi connectivity index (χ2n) is 6.69. The number of rotatable bonds is 5. The van der Waals surface area contributed by atoms with E-state index in [0.717, 1.165) is 5.56 Å². The molecular weight excluding hydrogens is 340 g/mol. The molecule has 27 heavy (non-hydrogen) atoms. The number of hydrogen-bond acceptors (Lipinski definition) is 4. The van der Waals surface area contributed by atoms with Crippen molar-refractivity contribution in [2.75, 3.05) is 6.54 Å². The van der Waals surface area contributed by atoms with Crippen LogP contribution in [-0.2, 0) is 16.0 Å². The third-order valence-corrected chi connectivity index (χ3v) is 4.98. The molecule has 5 heteroatoms. The van der Waals surface area contributed by atoms with Crippen LogP contribution in [0.3, 0.4) is 0 Å². The van der Waals surface area contributed by atoms with Crippen LogP contribution in [0.5, 0.6) is 0 Å². The number of nitrogens with one attached hydrogen (secondary N) is 1. The Morgan fingerprint density at radius 3 is 2.33 bits per heavy atom. The smallest absolute Gasteiger partial charge is 0.251 e. The minimum Gasteiger partial charge on any atom is -0.351 e. The maximum absolute atomic E-state index is 12.9. The van der Waals surface area contributed by atoms with Gasteiger partial charge >= 0.3 is 0 Å². The van der Waals surface area contributed by atoms with Crippen LogP contribution in [0.4, 0.5) is 0 Å². The van der Waals surface area contributed by atoms with Crippen LogP contribution in [0.1, 0.15) is 29.3 Å². The molecule has 2 aliphatic carbocycles. The average molecular weight is 360 g/mol. The van der Waals surface area contributed by atoms with Crippen molar-refractivity contribution in [3.63, 3.8) is 0 Å². The molecule has 2 atom stereocenters. The number of carbonyl (C=O) groups is 3. The monoisotopic (exact) mass is 360 g/mol. The Balaban J connectivity index is 1.76. The van der Waals surface area contributed by atoms with Gasteiger partial charge in [0, 0.05) is 24.1 Å². The van der Waals surface area contributed by atoms with Crippen molar-refractivity contribution in [3.8, 4) is 6.07 Å². The summed E-state index contributed by atoms with van der Waals surface area (Å²) in [5.41, 5.74) is 2.44. The Morgan fingerprint density at radius 2 is 1.70 bits per heavy atom. The summed E-state index contributed by atoms with van der Waals surface area (Å²) in [5, 5.41) is 11.2. The van der Waals surface area contributed by atoms with E-state index in [0.29, 0.717) is 29.7 Å². The lowest BCUT2D eigenvalue weighted by Gasteiger charge is -2.29. The highest BCUT2D eigenvalue weighted by atomic mass is 16.2. The van der Waals surface area contributed by atoms with Gasteiger partial charge in [0.25, 0.3) is 5.91 Å². The highest BCUT2D eigenvalue weighted by Gasteiger charge is 2.39. The number of nitriles is 1. The number of allylic oxidation sites excluding steroid dienone is 6. The summed E-state index contributed by atoms with van der Waals surface area (Å²) in [6.07, 6.45) is 7.85. The molecular formula is C22H20N2O3. The molecule has 1 amide bonds. The molecule has 0 heterocycles. The van der Waals surface area contributed by atoms with Gasteiger partial charge in [0.05, 0.1) is 24.3 Å². The molecule has 2 unspecified atom stereocenters. The number of ketones is 2. The molecule has 3 rings (SSSR count). The maximum atomic E-state index is 12.9. The minimum atomic E-state index is -0.411. The minimum absolute atomic E-state index is 0.00342. The number of hydrogen-bond donors (Lipinski definition) is 1. The molecule has 0 saturated carbocycles. The Morgan fingerprint density at radius 1 is 1.07 bits per heavy atom. The first-order chi connectivity index (χ1) is 13.0. The lowest BCUT2D eigenvalue weighted by molar-refractivity contribution is -0.127. The van der Waals surface area contributed by atoms with Gasteiger partial charge in [-0.3, -0.25) is 14.4 Å². The van der Waals surface area contributed by atoms with Gasteiger partial charge in [0.1, 0.15) is 0 Å². The fraction of sp³-hybridized carbons (Fsp3) is 0.273. The van der Waals surface area contributed by atoms with E-state index in [9.17, 15) is 14.4 Å². The van der Waals surface area contributed by atoms with Gasteiger partial charge < -0.3 is 5.32 Å². The number of Topliss-reactive ketones (excluding diaryl/α,β-unsaturated/α-hetero) is 2. The first-order valence-electron chi connectivity index (χ1n) is 8.90. The molecule has 136 valence electrons. The molecule has 1 aromatic carbocycles. The largest absolute Gasteiger partial charge is 0.351 e. The third kappa shape index (κ3) is 3.80. The van der Waals surface area contributed by atoms with Gasteiger partial charge in [-0.15, -0.1) is 0 Å². The van der Waals surface area contributed by atoms with Crippen molar-refractivity contribution in [2.45, 2.75) is 19.8 Å². The summed E-state index contributed by atoms with van der Waals surface area (Å²) in [6, 6.07) is 8.93. The average Bonchev–Trinajstić information content (AvgIpc) is 2.70. The van der Waals surface area contributed by atoms with Gasteiger partial charge in [0.15, 0.2) is 11.6 Å². The van der Waals surface area contributed by atoms with Crippen LogP contribution in [0, 0.1) is 23.2 Å². The zero-order chi connectivity index (χ0) is 19.4. The zero-order valence-electron chi connectivity index (χ0n) is 15.1.